The van der Waals surface area contributed by atoms with Crippen LogP contribution in [-0.2, 0) is 37.1 Å². The van der Waals surface area contributed by atoms with Gasteiger partial charge in [0.15, 0.2) is 0 Å². The van der Waals surface area contributed by atoms with E-state index in [4.69, 9.17) is 14.2 Å². The number of carbonyl (C=O) groups excluding carboxylic acids is 3. The predicted octanol–water partition coefficient (Wildman–Crippen LogP) is 22.2. The standard InChI is InChI=1S/C63H33F18N7O6/c64-58(65,66)37-7-13-40(14-8-37)82-85-52-28-25-46(31-49(52)61(73,74)75)92-55(89)34-1-19-43(20-2-34)88(44-21-3-35(4-22-44)56(90)93-47-26-29-53(50(32-47)62(76,77)78)86-83-41-15-9-38(10-16-41)59(67,68)69)45-23-5-36(6-24-45)57(91)94-48-27-30-54(51(33-48)63(79,80)81)87-84-42-17-11-39(12-18-42)60(70,71)72/h1-33H. The van der Waals surface area contributed by atoms with Crippen molar-refractivity contribution in [3.05, 3.63) is 250 Å². The summed E-state index contributed by atoms with van der Waals surface area (Å²) >= 11 is 0. The molecule has 0 aliphatic heterocycles. The van der Waals surface area contributed by atoms with Crippen LogP contribution in [0.15, 0.2) is 231 Å². The highest BCUT2D eigenvalue weighted by Gasteiger charge is 2.38. The normalized spacial score (nSPS) is 12.6. The van der Waals surface area contributed by atoms with Gasteiger partial charge >= 0.3 is 55.0 Å². The van der Waals surface area contributed by atoms with Gasteiger partial charge in [-0.15, -0.1) is 15.3 Å². The van der Waals surface area contributed by atoms with E-state index in [9.17, 15) is 93.4 Å². The molecule has 13 nitrogen and oxygen atoms in total. The van der Waals surface area contributed by atoms with Crippen LogP contribution in [0.5, 0.6) is 17.2 Å². The summed E-state index contributed by atoms with van der Waals surface area (Å²) in [4.78, 5) is 41.8. The van der Waals surface area contributed by atoms with E-state index >= 15 is 0 Å². The topological polar surface area (TPSA) is 156 Å². The van der Waals surface area contributed by atoms with Crippen LogP contribution >= 0.6 is 0 Å². The summed E-state index contributed by atoms with van der Waals surface area (Å²) in [5.41, 5.74) is -10.8. The molecule has 94 heavy (non-hydrogen) atoms. The molecule has 0 spiro atoms. The molecule has 0 unspecified atom stereocenters. The molecule has 0 heterocycles. The fourth-order valence-corrected chi connectivity index (χ4v) is 8.35. The Morgan fingerprint density at radius 1 is 0.266 bits per heavy atom. The number of benzene rings is 9. The molecule has 0 N–H and O–H groups in total. The van der Waals surface area contributed by atoms with Crippen molar-refractivity contribution in [1.82, 2.24) is 0 Å². The van der Waals surface area contributed by atoms with Gasteiger partial charge in [-0.1, -0.05) is 0 Å². The number of azo groups is 3. The van der Waals surface area contributed by atoms with Gasteiger partial charge in [0.2, 0.25) is 0 Å². The molecule has 0 fully saturated rings. The van der Waals surface area contributed by atoms with Gasteiger partial charge in [0.1, 0.15) is 17.2 Å². The van der Waals surface area contributed by atoms with Gasteiger partial charge in [-0.25, -0.2) is 14.4 Å². The van der Waals surface area contributed by atoms with E-state index in [2.05, 4.69) is 30.7 Å². The number of rotatable bonds is 15. The van der Waals surface area contributed by atoms with Crippen molar-refractivity contribution in [3.63, 3.8) is 0 Å². The minimum Gasteiger partial charge on any atom is -0.423 e. The average Bonchev–Trinajstić information content (AvgIpc) is 0.833. The zero-order valence-electron chi connectivity index (χ0n) is 46.4. The minimum absolute atomic E-state index is 0.162. The van der Waals surface area contributed by atoms with Crippen molar-refractivity contribution in [2.75, 3.05) is 4.90 Å². The predicted molar refractivity (Wildman–Crippen MR) is 297 cm³/mol. The zero-order valence-corrected chi connectivity index (χ0v) is 46.4. The summed E-state index contributed by atoms with van der Waals surface area (Å²) in [7, 11) is 0. The Morgan fingerprint density at radius 2 is 0.489 bits per heavy atom. The third-order valence-electron chi connectivity index (χ3n) is 12.9. The molecule has 31 heteroatoms. The lowest BCUT2D eigenvalue weighted by Crippen LogP contribution is -2.14. The number of halogens is 18. The second kappa shape index (κ2) is 26.5. The number of esters is 3. The van der Waals surface area contributed by atoms with E-state index in [1.54, 1.807) is 0 Å². The zero-order chi connectivity index (χ0) is 68.1. The molecule has 482 valence electrons. The number of anilines is 3. The first-order valence-electron chi connectivity index (χ1n) is 26.2. The molecule has 0 atom stereocenters. The molecular formula is C63H33F18N7O6. The van der Waals surface area contributed by atoms with Crippen molar-refractivity contribution >= 4 is 69.1 Å². The maximum atomic E-state index is 14.3. The largest absolute Gasteiger partial charge is 0.423 e. The van der Waals surface area contributed by atoms with E-state index < -0.39 is 123 Å². The summed E-state index contributed by atoms with van der Waals surface area (Å²) < 4.78 is 261. The van der Waals surface area contributed by atoms with Gasteiger partial charge < -0.3 is 19.1 Å². The Balaban J connectivity index is 0.966. The van der Waals surface area contributed by atoms with Crippen molar-refractivity contribution in [3.8, 4) is 17.2 Å². The van der Waals surface area contributed by atoms with Crippen molar-refractivity contribution in [2.24, 2.45) is 30.7 Å². The Hall–Kier alpha value is -11.3. The van der Waals surface area contributed by atoms with Gasteiger partial charge in [-0.3, -0.25) is 0 Å². The minimum atomic E-state index is -5.12. The lowest BCUT2D eigenvalue weighted by Gasteiger charge is -2.26. The van der Waals surface area contributed by atoms with Gasteiger partial charge in [-0.2, -0.15) is 94.4 Å². The lowest BCUT2D eigenvalue weighted by atomic mass is 10.1. The Labute approximate surface area is 515 Å². The molecule has 9 aromatic rings. The maximum absolute atomic E-state index is 14.3. The van der Waals surface area contributed by atoms with Crippen molar-refractivity contribution in [2.45, 2.75) is 37.1 Å². The fourth-order valence-electron chi connectivity index (χ4n) is 8.35. The van der Waals surface area contributed by atoms with Gasteiger partial charge in [0.25, 0.3) is 0 Å². The van der Waals surface area contributed by atoms with E-state index in [0.29, 0.717) is 54.6 Å². The molecule has 0 saturated heterocycles. The van der Waals surface area contributed by atoms with Crippen LogP contribution < -0.4 is 19.1 Å². The third kappa shape index (κ3) is 16.8. The van der Waals surface area contributed by atoms with E-state index in [0.717, 1.165) is 72.8 Å². The first-order chi connectivity index (χ1) is 44.1. The van der Waals surface area contributed by atoms with Gasteiger partial charge in [-0.05, 0) is 200 Å². The Morgan fingerprint density at radius 3 is 0.691 bits per heavy atom. The van der Waals surface area contributed by atoms with Crippen LogP contribution in [0.2, 0.25) is 0 Å². The van der Waals surface area contributed by atoms with Crippen LogP contribution in [0, 0.1) is 0 Å². The summed E-state index contributed by atoms with van der Waals surface area (Å²) in [5.74, 6) is -5.49. The third-order valence-corrected chi connectivity index (χ3v) is 12.9. The number of hydrogen-bond donors (Lipinski definition) is 0. The number of hydrogen-bond acceptors (Lipinski definition) is 13. The Bertz CT molecular complexity index is 3900. The van der Waals surface area contributed by atoms with Gasteiger partial charge in [0.05, 0.1) is 84.2 Å². The van der Waals surface area contributed by atoms with E-state index in [-0.39, 0.29) is 50.8 Å². The summed E-state index contributed by atoms with van der Waals surface area (Å²) in [6, 6.07) is 30.5. The summed E-state index contributed by atoms with van der Waals surface area (Å²) in [5, 5.41) is 21.3. The average molecular weight is 1330 g/mol. The van der Waals surface area contributed by atoms with Crippen LogP contribution in [0.25, 0.3) is 0 Å². The van der Waals surface area contributed by atoms with Crippen molar-refractivity contribution in [1.29, 1.82) is 0 Å². The number of carbonyl (C=O) groups is 3. The van der Waals surface area contributed by atoms with Crippen LogP contribution in [-0.4, -0.2) is 17.9 Å². The molecule has 0 amide bonds. The van der Waals surface area contributed by atoms with Crippen LogP contribution in [0.4, 0.5) is 130 Å². The van der Waals surface area contributed by atoms with Gasteiger partial charge in [0, 0.05) is 17.1 Å². The van der Waals surface area contributed by atoms with E-state index in [1.165, 1.54) is 77.7 Å². The molecule has 0 bridgehead atoms. The molecular weight excluding hydrogens is 1290 g/mol. The summed E-state index contributed by atoms with van der Waals surface area (Å²) in [6.07, 6.45) is -29.5. The molecule has 9 aromatic carbocycles. The first kappa shape index (κ1) is 67.1. The number of nitrogens with zero attached hydrogens (tertiary/aromatic N) is 7. The number of alkyl halides is 18. The van der Waals surface area contributed by atoms with E-state index in [1.807, 2.05) is 0 Å². The molecule has 0 saturated carbocycles. The highest BCUT2D eigenvalue weighted by molar-refractivity contribution is 5.94. The van der Waals surface area contributed by atoms with Crippen molar-refractivity contribution < 1.29 is 108 Å². The highest BCUT2D eigenvalue weighted by Crippen LogP contribution is 2.44. The summed E-state index contributed by atoms with van der Waals surface area (Å²) in [6.45, 7) is 0. The fraction of sp³-hybridized carbons (Fsp3) is 0.0952. The lowest BCUT2D eigenvalue weighted by molar-refractivity contribution is -0.138. The highest BCUT2D eigenvalue weighted by atomic mass is 19.4. The smallest absolute Gasteiger partial charge is 0.418 e. The van der Waals surface area contributed by atoms with Crippen LogP contribution in [0.1, 0.15) is 64.5 Å². The molecule has 0 aliphatic rings. The second-order valence-corrected chi connectivity index (χ2v) is 19.4. The molecule has 0 aromatic heterocycles. The monoisotopic (exact) mass is 1330 g/mol. The molecule has 9 rings (SSSR count). The maximum Gasteiger partial charge on any atom is 0.418 e. The molecule has 0 radical (unpaired) electrons. The first-order valence-corrected chi connectivity index (χ1v) is 26.2. The number of ether oxygens (including phenoxy) is 3. The quantitative estimate of drug-likeness (QED) is 0.0428. The molecule has 0 aliphatic carbocycles. The SMILES string of the molecule is O=C(Oc1ccc(N=Nc2ccc(C(F)(F)F)cc2)c(C(F)(F)F)c1)c1ccc(N(c2ccc(C(=O)Oc3ccc(N=Nc4ccc(C(F)(F)F)cc4)c(C(F)(F)F)c3)cc2)c2ccc(C(=O)Oc3ccc(N=Nc4ccc(C(F)(F)F)cc4)c(C(F)(F)F)c3)cc2)cc1. The van der Waals surface area contributed by atoms with Crippen LogP contribution in [0.3, 0.4) is 0 Å². The second-order valence-electron chi connectivity index (χ2n) is 19.4. The Kier molecular flexibility index (Phi) is 18.9.